The summed E-state index contributed by atoms with van der Waals surface area (Å²) >= 11 is 2.01. The lowest BCUT2D eigenvalue weighted by Gasteiger charge is -2.10. The molecule has 0 amide bonds. The Hall–Kier alpha value is -0.470. The average Bonchev–Trinajstić information content (AvgIpc) is 2.80. The van der Waals surface area contributed by atoms with Gasteiger partial charge in [-0.25, -0.2) is 0 Å². The lowest BCUT2D eigenvalue weighted by atomic mass is 10.1. The normalized spacial score (nSPS) is 20.7. The fourth-order valence-corrected chi connectivity index (χ4v) is 2.94. The minimum atomic E-state index is 0.533. The topological polar surface area (TPSA) is 12.0 Å². The number of thioether (sulfide) groups is 1. The average molecular weight is 221 g/mol. The van der Waals surface area contributed by atoms with E-state index in [1.165, 1.54) is 36.1 Å². The van der Waals surface area contributed by atoms with Gasteiger partial charge in [-0.3, -0.25) is 0 Å². The molecule has 1 unspecified atom stereocenters. The summed E-state index contributed by atoms with van der Waals surface area (Å²) in [4.78, 5) is 0. The van der Waals surface area contributed by atoms with E-state index in [2.05, 4.69) is 36.5 Å². The minimum absolute atomic E-state index is 0.533. The highest BCUT2D eigenvalue weighted by Crippen LogP contribution is 2.29. The van der Waals surface area contributed by atoms with Crippen molar-refractivity contribution >= 4 is 11.8 Å². The highest BCUT2D eigenvalue weighted by Gasteiger charge is 2.15. The summed E-state index contributed by atoms with van der Waals surface area (Å²) in [5.74, 6) is 1.24. The standard InChI is InChI=1S/C13H19NS/c1-2-3-4-11-5-7-12(8-6-11)13-14-9-10-15-13/h5-8,13-14H,2-4,9-10H2,1H3. The van der Waals surface area contributed by atoms with Gasteiger partial charge in [-0.15, -0.1) is 11.8 Å². The molecule has 0 radical (unpaired) electrons. The van der Waals surface area contributed by atoms with Gasteiger partial charge in [0.1, 0.15) is 0 Å². The maximum atomic E-state index is 3.50. The van der Waals surface area contributed by atoms with Gasteiger partial charge in [-0.1, -0.05) is 37.6 Å². The van der Waals surface area contributed by atoms with Gasteiger partial charge >= 0.3 is 0 Å². The summed E-state index contributed by atoms with van der Waals surface area (Å²) in [6, 6.07) is 9.12. The summed E-state index contributed by atoms with van der Waals surface area (Å²) in [5, 5.41) is 4.03. The summed E-state index contributed by atoms with van der Waals surface area (Å²) < 4.78 is 0. The molecule has 0 bridgehead atoms. The van der Waals surface area contributed by atoms with Crippen molar-refractivity contribution in [2.45, 2.75) is 31.6 Å². The number of hydrogen-bond donors (Lipinski definition) is 1. The van der Waals surface area contributed by atoms with Gasteiger partial charge in [-0.2, -0.15) is 0 Å². The SMILES string of the molecule is CCCCc1ccc(C2NCCS2)cc1. The molecule has 0 saturated carbocycles. The quantitative estimate of drug-likeness (QED) is 0.836. The van der Waals surface area contributed by atoms with E-state index in [9.17, 15) is 0 Å². The predicted octanol–water partition coefficient (Wildman–Crippen LogP) is 3.36. The lowest BCUT2D eigenvalue weighted by Crippen LogP contribution is -2.11. The molecule has 2 heteroatoms. The van der Waals surface area contributed by atoms with E-state index in [1.54, 1.807) is 0 Å². The van der Waals surface area contributed by atoms with Gasteiger partial charge in [0.25, 0.3) is 0 Å². The molecule has 1 saturated heterocycles. The van der Waals surface area contributed by atoms with Gasteiger partial charge in [0, 0.05) is 12.3 Å². The Morgan fingerprint density at radius 3 is 2.73 bits per heavy atom. The molecule has 15 heavy (non-hydrogen) atoms. The Morgan fingerprint density at radius 2 is 2.13 bits per heavy atom. The molecule has 0 aliphatic carbocycles. The van der Waals surface area contributed by atoms with E-state index >= 15 is 0 Å². The molecule has 1 atom stereocenters. The Bertz CT molecular complexity index is 288. The van der Waals surface area contributed by atoms with Crippen LogP contribution in [0.5, 0.6) is 0 Å². The second-order valence-corrected chi connectivity index (χ2v) is 5.26. The van der Waals surface area contributed by atoms with E-state index in [1.807, 2.05) is 11.8 Å². The van der Waals surface area contributed by atoms with E-state index in [4.69, 9.17) is 0 Å². The third-order valence-electron chi connectivity index (χ3n) is 2.82. The number of benzene rings is 1. The molecule has 1 N–H and O–H groups in total. The molecule has 1 aromatic carbocycles. The van der Waals surface area contributed by atoms with Crippen molar-refractivity contribution in [1.82, 2.24) is 5.32 Å². The van der Waals surface area contributed by atoms with Gasteiger partial charge in [0.05, 0.1) is 5.37 Å². The third-order valence-corrected chi connectivity index (χ3v) is 4.03. The largest absolute Gasteiger partial charge is 0.301 e. The van der Waals surface area contributed by atoms with Crippen molar-refractivity contribution in [2.24, 2.45) is 0 Å². The molecular formula is C13H19NS. The number of hydrogen-bond acceptors (Lipinski definition) is 2. The van der Waals surface area contributed by atoms with Crippen LogP contribution in [0.3, 0.4) is 0 Å². The van der Waals surface area contributed by atoms with Crippen LogP contribution >= 0.6 is 11.8 Å². The second kappa shape index (κ2) is 5.57. The molecular weight excluding hydrogens is 202 g/mol. The van der Waals surface area contributed by atoms with Crippen molar-refractivity contribution in [2.75, 3.05) is 12.3 Å². The first-order valence-corrected chi connectivity index (χ1v) is 6.89. The van der Waals surface area contributed by atoms with E-state index in [0.29, 0.717) is 5.37 Å². The summed E-state index contributed by atoms with van der Waals surface area (Å²) in [7, 11) is 0. The van der Waals surface area contributed by atoms with Gasteiger partial charge in [0.15, 0.2) is 0 Å². The van der Waals surface area contributed by atoms with E-state index < -0.39 is 0 Å². The molecule has 0 aromatic heterocycles. The van der Waals surface area contributed by atoms with Gasteiger partial charge < -0.3 is 5.32 Å². The smallest absolute Gasteiger partial charge is 0.0790 e. The van der Waals surface area contributed by atoms with Crippen LogP contribution in [0.4, 0.5) is 0 Å². The fourth-order valence-electron chi connectivity index (χ4n) is 1.88. The Morgan fingerprint density at radius 1 is 1.33 bits per heavy atom. The lowest BCUT2D eigenvalue weighted by molar-refractivity contribution is 0.749. The molecule has 82 valence electrons. The van der Waals surface area contributed by atoms with Crippen molar-refractivity contribution in [3.05, 3.63) is 35.4 Å². The van der Waals surface area contributed by atoms with Crippen LogP contribution in [0.1, 0.15) is 36.3 Å². The monoisotopic (exact) mass is 221 g/mol. The summed E-state index contributed by atoms with van der Waals surface area (Å²) in [6.07, 6.45) is 3.81. The van der Waals surface area contributed by atoms with Crippen LogP contribution < -0.4 is 5.32 Å². The molecule has 1 heterocycles. The third kappa shape index (κ3) is 2.99. The van der Waals surface area contributed by atoms with Crippen LogP contribution in [0, 0.1) is 0 Å². The molecule has 2 rings (SSSR count). The maximum Gasteiger partial charge on any atom is 0.0790 e. The maximum absolute atomic E-state index is 3.50. The second-order valence-electron chi connectivity index (χ2n) is 4.05. The van der Waals surface area contributed by atoms with Crippen LogP contribution in [-0.4, -0.2) is 12.3 Å². The van der Waals surface area contributed by atoms with Crippen LogP contribution in [0.15, 0.2) is 24.3 Å². The summed E-state index contributed by atoms with van der Waals surface area (Å²) in [5.41, 5.74) is 2.90. The molecule has 1 aliphatic heterocycles. The van der Waals surface area contributed by atoms with Gasteiger partial charge in [-0.05, 0) is 24.0 Å². The van der Waals surface area contributed by atoms with Crippen LogP contribution in [0.25, 0.3) is 0 Å². The summed E-state index contributed by atoms with van der Waals surface area (Å²) in [6.45, 7) is 3.39. The highest BCUT2D eigenvalue weighted by molar-refractivity contribution is 7.99. The number of nitrogens with one attached hydrogen (secondary N) is 1. The van der Waals surface area contributed by atoms with Crippen molar-refractivity contribution in [1.29, 1.82) is 0 Å². The van der Waals surface area contributed by atoms with Crippen molar-refractivity contribution < 1.29 is 0 Å². The molecule has 1 aliphatic rings. The van der Waals surface area contributed by atoms with Crippen LogP contribution in [0.2, 0.25) is 0 Å². The van der Waals surface area contributed by atoms with Crippen molar-refractivity contribution in [3.63, 3.8) is 0 Å². The number of unbranched alkanes of at least 4 members (excludes halogenated alkanes) is 1. The zero-order valence-electron chi connectivity index (χ0n) is 9.33. The van der Waals surface area contributed by atoms with E-state index in [-0.39, 0.29) is 0 Å². The highest BCUT2D eigenvalue weighted by atomic mass is 32.2. The van der Waals surface area contributed by atoms with Crippen LogP contribution in [-0.2, 0) is 6.42 Å². The fraction of sp³-hybridized carbons (Fsp3) is 0.538. The molecule has 1 fully saturated rings. The molecule has 1 nitrogen and oxygen atoms in total. The number of rotatable bonds is 4. The Balaban J connectivity index is 1.96. The zero-order chi connectivity index (χ0) is 10.5. The first-order chi connectivity index (χ1) is 7.40. The molecule has 1 aromatic rings. The zero-order valence-corrected chi connectivity index (χ0v) is 10.1. The Labute approximate surface area is 96.7 Å². The number of aryl methyl sites for hydroxylation is 1. The minimum Gasteiger partial charge on any atom is -0.301 e. The van der Waals surface area contributed by atoms with E-state index in [0.717, 1.165) is 6.54 Å². The molecule has 0 spiro atoms. The van der Waals surface area contributed by atoms with Crippen molar-refractivity contribution in [3.8, 4) is 0 Å². The Kier molecular flexibility index (Phi) is 4.09. The first kappa shape index (κ1) is 11.0. The van der Waals surface area contributed by atoms with Gasteiger partial charge in [0.2, 0.25) is 0 Å². The first-order valence-electron chi connectivity index (χ1n) is 5.84. The predicted molar refractivity (Wildman–Crippen MR) is 68.3 cm³/mol.